The molecular formula is C87H78BN3O. The Kier molecular flexibility index (Phi) is 14.2. The van der Waals surface area contributed by atoms with Crippen molar-refractivity contribution in [2.75, 3.05) is 14.7 Å². The molecule has 0 saturated carbocycles. The smallest absolute Gasteiger partial charge is 0.252 e. The summed E-state index contributed by atoms with van der Waals surface area (Å²) in [6, 6.07) is 107. The number of fused-ring (bicyclic) bond motifs is 7. The van der Waals surface area contributed by atoms with Crippen LogP contribution in [0.4, 0.5) is 51.2 Å². The molecule has 0 radical (unpaired) electrons. The second kappa shape index (κ2) is 22.4. The summed E-state index contributed by atoms with van der Waals surface area (Å²) in [5.74, 6) is 0.357. The van der Waals surface area contributed by atoms with E-state index in [1.165, 1.54) is 66.5 Å². The fraction of sp³-hybridized carbons (Fsp3) is 0.172. The highest BCUT2D eigenvalue weighted by Gasteiger charge is 2.46. The minimum absolute atomic E-state index is 0.185. The zero-order chi connectivity index (χ0) is 63.3. The van der Waals surface area contributed by atoms with E-state index in [-0.39, 0.29) is 28.4 Å². The van der Waals surface area contributed by atoms with Crippen LogP contribution in [0, 0.1) is 0 Å². The van der Waals surface area contributed by atoms with Crippen LogP contribution in [0.1, 0.15) is 125 Å². The zero-order valence-electron chi connectivity index (χ0n) is 54.5. The highest BCUT2D eigenvalue weighted by Crippen LogP contribution is 2.51. The lowest BCUT2D eigenvalue weighted by Gasteiger charge is -2.46. The fourth-order valence-corrected chi connectivity index (χ4v) is 14.9. The number of rotatable bonds is 14. The van der Waals surface area contributed by atoms with Gasteiger partial charge in [-0.05, 0) is 145 Å². The minimum atomic E-state index is -0.321. The van der Waals surface area contributed by atoms with Gasteiger partial charge in [-0.25, -0.2) is 0 Å². The van der Waals surface area contributed by atoms with Crippen molar-refractivity contribution < 1.29 is 4.42 Å². The fourth-order valence-electron chi connectivity index (χ4n) is 14.9. The summed E-state index contributed by atoms with van der Waals surface area (Å²) in [6.07, 6.45) is 0. The standard InChI is InChI=1S/C87H78BN3O/c1-58(2)59-38-46-68(47-39-59)89(78-36-25-35-73-72-34-23-24-37-81(72)92-83(73)78)71-56-79-82-80(57-71)91(70-50-42-65(43-51-70)85(5,6)61-28-17-12-18-29-61)77-53-45-67(87(9,10)63-32-21-14-22-33-63)55-75(77)88(82)74-54-66(86(7,8)62-30-19-13-20-31-62)44-52-76(74)90(79)69-48-40-64(41-49-69)84(3,4)60-26-15-11-16-27-60/h11-58H,1-10H3. The van der Waals surface area contributed by atoms with E-state index >= 15 is 0 Å². The van der Waals surface area contributed by atoms with Gasteiger partial charge in [0.1, 0.15) is 5.58 Å². The summed E-state index contributed by atoms with van der Waals surface area (Å²) < 4.78 is 7.06. The Bertz CT molecular complexity index is 4650. The quantitative estimate of drug-likeness (QED) is 0.101. The molecule has 0 amide bonds. The Morgan fingerprint density at radius 2 is 0.717 bits per heavy atom. The maximum atomic E-state index is 7.06. The lowest BCUT2D eigenvalue weighted by Crippen LogP contribution is -2.61. The SMILES string of the molecule is CC(C)c1ccc(N(c2cc3c4c(c2)N(c2ccc(C(C)(C)c5ccccc5)cc2)c2ccc(C(C)(C)c5ccccc5)cc2B4c2cc(C(C)(C)c4ccccc4)ccc2N3c2ccc(C(C)(C)c3ccccc3)cc2)c2cccc3c2oc2ccccc23)cc1. The monoisotopic (exact) mass is 1190 g/mol. The number of anilines is 9. The van der Waals surface area contributed by atoms with E-state index in [4.69, 9.17) is 4.42 Å². The van der Waals surface area contributed by atoms with Crippen molar-refractivity contribution in [3.63, 3.8) is 0 Å². The first-order chi connectivity index (χ1) is 44.5. The number of benzene rings is 12. The molecule has 12 aromatic carbocycles. The van der Waals surface area contributed by atoms with E-state index in [2.05, 4.69) is 369 Å². The van der Waals surface area contributed by atoms with Gasteiger partial charge in [-0.3, -0.25) is 0 Å². The van der Waals surface area contributed by atoms with Gasteiger partial charge in [0, 0.05) is 72.2 Å². The van der Waals surface area contributed by atoms with Crippen LogP contribution < -0.4 is 31.1 Å². The topological polar surface area (TPSA) is 22.9 Å². The highest BCUT2D eigenvalue weighted by atomic mass is 16.3. The van der Waals surface area contributed by atoms with Gasteiger partial charge in [-0.15, -0.1) is 0 Å². The van der Waals surface area contributed by atoms with E-state index in [9.17, 15) is 0 Å². The van der Waals surface area contributed by atoms with Gasteiger partial charge in [-0.2, -0.15) is 0 Å². The van der Waals surface area contributed by atoms with Crippen LogP contribution in [-0.2, 0) is 21.7 Å². The predicted octanol–water partition coefficient (Wildman–Crippen LogP) is 21.6. The first-order valence-corrected chi connectivity index (χ1v) is 32.8. The van der Waals surface area contributed by atoms with E-state index in [1.54, 1.807) is 0 Å². The third-order valence-electron chi connectivity index (χ3n) is 20.9. The summed E-state index contributed by atoms with van der Waals surface area (Å²) in [4.78, 5) is 7.62. The Morgan fingerprint density at radius 1 is 0.337 bits per heavy atom. The van der Waals surface area contributed by atoms with Crippen LogP contribution >= 0.6 is 0 Å². The summed E-state index contributed by atoms with van der Waals surface area (Å²) in [5, 5.41) is 2.17. The van der Waals surface area contributed by atoms with Crippen molar-refractivity contribution in [2.45, 2.75) is 96.8 Å². The average molecular weight is 1190 g/mol. The summed E-state index contributed by atoms with van der Waals surface area (Å²) in [5.41, 5.74) is 25.5. The van der Waals surface area contributed by atoms with Gasteiger partial charge in [-0.1, -0.05) is 282 Å². The van der Waals surface area contributed by atoms with Gasteiger partial charge in [0.15, 0.2) is 5.58 Å². The van der Waals surface area contributed by atoms with Crippen LogP contribution in [0.3, 0.4) is 0 Å². The number of furan rings is 1. The molecule has 0 bridgehead atoms. The van der Waals surface area contributed by atoms with Crippen LogP contribution in [0.5, 0.6) is 0 Å². The Balaban J connectivity index is 1.05. The molecule has 0 spiro atoms. The molecule has 0 unspecified atom stereocenters. The molecule has 2 aliphatic rings. The molecule has 0 aliphatic carbocycles. The van der Waals surface area contributed by atoms with Crippen LogP contribution in [0.25, 0.3) is 21.9 Å². The van der Waals surface area contributed by atoms with Crippen molar-refractivity contribution >= 4 is 96.2 Å². The number of para-hydroxylation sites is 2. The summed E-state index contributed by atoms with van der Waals surface area (Å²) >= 11 is 0. The molecule has 15 rings (SSSR count). The molecule has 2 aliphatic heterocycles. The van der Waals surface area contributed by atoms with Gasteiger partial charge < -0.3 is 19.1 Å². The maximum Gasteiger partial charge on any atom is 0.252 e. The van der Waals surface area contributed by atoms with Crippen molar-refractivity contribution in [1.82, 2.24) is 0 Å². The lowest BCUT2D eigenvalue weighted by molar-refractivity contribution is 0.641. The summed E-state index contributed by atoms with van der Waals surface area (Å²) in [7, 11) is 0. The number of nitrogens with zero attached hydrogens (tertiary/aromatic N) is 3. The molecule has 5 heteroatoms. The Hall–Kier alpha value is -10.1. The van der Waals surface area contributed by atoms with E-state index in [0.29, 0.717) is 5.92 Å². The normalized spacial score (nSPS) is 13.1. The van der Waals surface area contributed by atoms with Gasteiger partial charge in [0.05, 0.1) is 11.4 Å². The molecule has 0 N–H and O–H groups in total. The van der Waals surface area contributed by atoms with Gasteiger partial charge >= 0.3 is 0 Å². The summed E-state index contributed by atoms with van der Waals surface area (Å²) in [6.45, 7) is 23.3. The average Bonchev–Trinajstić information content (AvgIpc) is 0.793. The molecule has 3 heterocycles. The first-order valence-electron chi connectivity index (χ1n) is 32.8. The third-order valence-corrected chi connectivity index (χ3v) is 20.9. The largest absolute Gasteiger partial charge is 0.454 e. The molecule has 4 nitrogen and oxygen atoms in total. The zero-order valence-corrected chi connectivity index (χ0v) is 54.5. The van der Waals surface area contributed by atoms with Crippen molar-refractivity contribution in [3.8, 4) is 0 Å². The van der Waals surface area contributed by atoms with Crippen molar-refractivity contribution in [2.24, 2.45) is 0 Å². The predicted molar refractivity (Wildman–Crippen MR) is 391 cm³/mol. The van der Waals surface area contributed by atoms with Gasteiger partial charge in [0.25, 0.3) is 6.71 Å². The molecule has 13 aromatic rings. The van der Waals surface area contributed by atoms with Crippen LogP contribution in [0.2, 0.25) is 0 Å². The third kappa shape index (κ3) is 9.66. The Morgan fingerprint density at radius 3 is 1.15 bits per heavy atom. The Labute approximate surface area is 544 Å². The molecular weight excluding hydrogens is 1110 g/mol. The highest BCUT2D eigenvalue weighted by molar-refractivity contribution is 7.00. The second-order valence-corrected chi connectivity index (χ2v) is 27.9. The molecule has 0 saturated heterocycles. The lowest BCUT2D eigenvalue weighted by atomic mass is 9.33. The second-order valence-electron chi connectivity index (χ2n) is 27.9. The molecule has 0 fully saturated rings. The van der Waals surface area contributed by atoms with Crippen LogP contribution in [-0.4, -0.2) is 6.71 Å². The first kappa shape index (κ1) is 58.3. The van der Waals surface area contributed by atoms with E-state index in [0.717, 1.165) is 73.1 Å². The number of hydrogen-bond acceptors (Lipinski definition) is 4. The molecule has 1 aromatic heterocycles. The molecule has 92 heavy (non-hydrogen) atoms. The maximum absolute atomic E-state index is 7.06. The van der Waals surface area contributed by atoms with E-state index < -0.39 is 0 Å². The number of hydrogen-bond donors (Lipinski definition) is 0. The molecule has 0 atom stereocenters. The van der Waals surface area contributed by atoms with E-state index in [1.807, 2.05) is 0 Å². The van der Waals surface area contributed by atoms with Crippen molar-refractivity contribution in [3.05, 3.63) is 335 Å². The van der Waals surface area contributed by atoms with Crippen LogP contribution in [0.15, 0.2) is 290 Å². The molecule has 450 valence electrons. The minimum Gasteiger partial charge on any atom is -0.454 e. The van der Waals surface area contributed by atoms with Gasteiger partial charge in [0.2, 0.25) is 0 Å². The van der Waals surface area contributed by atoms with Crippen molar-refractivity contribution in [1.29, 1.82) is 0 Å².